The highest BCUT2D eigenvalue weighted by molar-refractivity contribution is 5.76. The van der Waals surface area contributed by atoms with Crippen LogP contribution in [0.25, 0.3) is 39.9 Å². The maximum absolute atomic E-state index is 14.5. The fourth-order valence-corrected chi connectivity index (χ4v) is 3.33. The van der Waals surface area contributed by atoms with Gasteiger partial charge in [0.2, 0.25) is 5.82 Å². The van der Waals surface area contributed by atoms with Crippen LogP contribution in [-0.4, -0.2) is 30.1 Å². The molecule has 0 aliphatic rings. The zero-order chi connectivity index (χ0) is 21.2. The third-order valence-corrected chi connectivity index (χ3v) is 4.81. The van der Waals surface area contributed by atoms with Crippen LogP contribution in [0.5, 0.6) is 0 Å². The van der Waals surface area contributed by atoms with E-state index in [0.717, 1.165) is 16.7 Å². The highest BCUT2D eigenvalue weighted by Crippen LogP contribution is 2.33. The predicted octanol–water partition coefficient (Wildman–Crippen LogP) is 3.64. The van der Waals surface area contributed by atoms with Gasteiger partial charge < -0.3 is 10.3 Å². The number of rotatable bonds is 5. The van der Waals surface area contributed by atoms with Crippen molar-refractivity contribution in [3.8, 4) is 39.9 Å². The molecule has 3 heterocycles. The number of hydrogen-bond donors (Lipinski definition) is 1. The van der Waals surface area contributed by atoms with Gasteiger partial charge in [-0.15, -0.1) is 5.10 Å². The molecule has 9 heteroatoms. The van der Waals surface area contributed by atoms with Crippen LogP contribution < -0.4 is 5.73 Å². The minimum Gasteiger partial charge on any atom is -0.332 e. The highest BCUT2D eigenvalue weighted by Gasteiger charge is 2.24. The van der Waals surface area contributed by atoms with E-state index in [2.05, 4.69) is 25.4 Å². The number of nitrogens with two attached hydrogens (primary N) is 1. The van der Waals surface area contributed by atoms with Gasteiger partial charge in [0, 0.05) is 30.1 Å². The number of nitrogens with zero attached hydrogens (tertiary/aromatic N) is 6. The monoisotopic (exact) mass is 413 g/mol. The molecule has 0 radical (unpaired) electrons. The number of aromatic nitrogens is 6. The van der Waals surface area contributed by atoms with E-state index in [9.17, 15) is 4.39 Å². The van der Waals surface area contributed by atoms with Crippen molar-refractivity contribution in [1.82, 2.24) is 30.1 Å². The topological polar surface area (TPSA) is 109 Å². The van der Waals surface area contributed by atoms with E-state index >= 15 is 0 Å². The van der Waals surface area contributed by atoms with E-state index in [4.69, 9.17) is 10.3 Å². The first-order chi connectivity index (χ1) is 15.3. The van der Waals surface area contributed by atoms with E-state index in [1.54, 1.807) is 42.7 Å². The molecule has 152 valence electrons. The van der Waals surface area contributed by atoms with Crippen molar-refractivity contribution in [2.24, 2.45) is 5.73 Å². The predicted molar refractivity (Wildman–Crippen MR) is 111 cm³/mol. The number of halogens is 1. The summed E-state index contributed by atoms with van der Waals surface area (Å²) in [4.78, 5) is 8.57. The van der Waals surface area contributed by atoms with E-state index in [1.165, 1.54) is 10.7 Å². The van der Waals surface area contributed by atoms with Gasteiger partial charge in [0.1, 0.15) is 17.2 Å². The fourth-order valence-electron chi connectivity index (χ4n) is 3.33. The normalized spacial score (nSPS) is 11.0. The Hall–Kier alpha value is -4.24. The lowest BCUT2D eigenvalue weighted by Gasteiger charge is -2.08. The second-order valence-electron chi connectivity index (χ2n) is 6.67. The van der Waals surface area contributed by atoms with Gasteiger partial charge in [-0.05, 0) is 29.8 Å². The molecule has 0 atom stereocenters. The van der Waals surface area contributed by atoms with Crippen LogP contribution in [0.2, 0.25) is 0 Å². The van der Waals surface area contributed by atoms with Gasteiger partial charge in [-0.2, -0.15) is 4.98 Å². The molecule has 0 bridgehead atoms. The number of pyridine rings is 1. The Balaban J connectivity index is 1.68. The molecule has 0 spiro atoms. The maximum Gasteiger partial charge on any atom is 0.281 e. The van der Waals surface area contributed by atoms with Crippen LogP contribution in [0, 0.1) is 5.82 Å². The van der Waals surface area contributed by atoms with Crippen LogP contribution in [0.4, 0.5) is 4.39 Å². The third-order valence-electron chi connectivity index (χ3n) is 4.81. The lowest BCUT2D eigenvalue weighted by Crippen LogP contribution is -2.02. The average molecular weight is 413 g/mol. The number of hydrogen-bond acceptors (Lipinski definition) is 7. The Morgan fingerprint density at radius 3 is 2.55 bits per heavy atom. The Morgan fingerprint density at radius 2 is 1.74 bits per heavy atom. The first-order valence-electron chi connectivity index (χ1n) is 9.49. The van der Waals surface area contributed by atoms with E-state index in [1.807, 2.05) is 24.3 Å². The zero-order valence-electron chi connectivity index (χ0n) is 16.2. The summed E-state index contributed by atoms with van der Waals surface area (Å²) in [5.41, 5.74) is 9.31. The van der Waals surface area contributed by atoms with Gasteiger partial charge in [0.25, 0.3) is 5.89 Å². The molecule has 0 saturated carbocycles. The molecule has 8 nitrogen and oxygen atoms in total. The molecule has 0 aliphatic heterocycles. The third kappa shape index (κ3) is 3.36. The first-order valence-corrected chi connectivity index (χ1v) is 9.49. The molecule has 5 aromatic rings. The lowest BCUT2D eigenvalue weighted by atomic mass is 10.1. The molecular formula is C22H16FN7O. The lowest BCUT2D eigenvalue weighted by molar-refractivity contribution is 0.431. The summed E-state index contributed by atoms with van der Waals surface area (Å²) in [6.07, 6.45) is 3.27. The van der Waals surface area contributed by atoms with Crippen LogP contribution in [0.15, 0.2) is 77.6 Å². The minimum atomic E-state index is -0.433. The van der Waals surface area contributed by atoms with Crippen LogP contribution in [0.3, 0.4) is 0 Å². The second kappa shape index (κ2) is 7.88. The largest absolute Gasteiger partial charge is 0.332 e. The SMILES string of the molecule is NCc1ccccc1-c1noc(-c2nnn(-c3ccccc3F)c2-c2ccncc2)n1. The van der Waals surface area contributed by atoms with E-state index < -0.39 is 5.82 Å². The standard InChI is InChI=1S/C22H16FN7O/c23-17-7-3-4-8-18(17)30-20(14-9-11-25-12-10-14)19(27-29-30)22-26-21(28-31-22)16-6-2-1-5-15(16)13-24/h1-12H,13,24H2. The Bertz CT molecular complexity index is 1350. The Kier molecular flexibility index (Phi) is 4.77. The second-order valence-corrected chi connectivity index (χ2v) is 6.67. The summed E-state index contributed by atoms with van der Waals surface area (Å²) in [6, 6.07) is 17.4. The summed E-state index contributed by atoms with van der Waals surface area (Å²) < 4.78 is 21.5. The van der Waals surface area contributed by atoms with Crippen molar-refractivity contribution in [1.29, 1.82) is 0 Å². The van der Waals surface area contributed by atoms with Gasteiger partial charge in [-0.3, -0.25) is 4.98 Å². The van der Waals surface area contributed by atoms with Gasteiger partial charge >= 0.3 is 0 Å². The zero-order valence-corrected chi connectivity index (χ0v) is 16.2. The summed E-state index contributed by atoms with van der Waals surface area (Å²) in [5.74, 6) is 0.116. The molecule has 2 N–H and O–H groups in total. The molecule has 0 fully saturated rings. The number of para-hydroxylation sites is 1. The average Bonchev–Trinajstić information content (AvgIpc) is 3.47. The molecular weight excluding hydrogens is 397 g/mol. The van der Waals surface area contributed by atoms with Crippen molar-refractivity contribution in [2.45, 2.75) is 6.54 Å². The smallest absolute Gasteiger partial charge is 0.281 e. The number of benzene rings is 2. The fraction of sp³-hybridized carbons (Fsp3) is 0.0455. The van der Waals surface area contributed by atoms with Gasteiger partial charge in [0.05, 0.1) is 0 Å². The summed E-state index contributed by atoms with van der Waals surface area (Å²) in [7, 11) is 0. The molecule has 0 aliphatic carbocycles. The molecule has 0 unspecified atom stereocenters. The molecule has 2 aromatic carbocycles. The highest BCUT2D eigenvalue weighted by atomic mass is 19.1. The van der Waals surface area contributed by atoms with Crippen molar-refractivity contribution in [2.75, 3.05) is 0 Å². The van der Waals surface area contributed by atoms with Crippen molar-refractivity contribution in [3.63, 3.8) is 0 Å². The molecule has 3 aromatic heterocycles. The molecule has 5 rings (SSSR count). The van der Waals surface area contributed by atoms with Gasteiger partial charge in [-0.1, -0.05) is 46.8 Å². The summed E-state index contributed by atoms with van der Waals surface area (Å²) in [5, 5.41) is 12.5. The van der Waals surface area contributed by atoms with Crippen molar-refractivity contribution >= 4 is 0 Å². The summed E-state index contributed by atoms with van der Waals surface area (Å²) >= 11 is 0. The maximum atomic E-state index is 14.5. The quantitative estimate of drug-likeness (QED) is 0.468. The van der Waals surface area contributed by atoms with Crippen molar-refractivity contribution < 1.29 is 8.91 Å². The van der Waals surface area contributed by atoms with Crippen LogP contribution >= 0.6 is 0 Å². The molecule has 0 amide bonds. The first kappa shape index (κ1) is 18.8. The van der Waals surface area contributed by atoms with Crippen molar-refractivity contribution in [3.05, 3.63) is 84.4 Å². The minimum absolute atomic E-state index is 0.163. The van der Waals surface area contributed by atoms with E-state index in [-0.39, 0.29) is 11.6 Å². The van der Waals surface area contributed by atoms with E-state index in [0.29, 0.717) is 23.8 Å². The Morgan fingerprint density at radius 1 is 0.968 bits per heavy atom. The summed E-state index contributed by atoms with van der Waals surface area (Å²) in [6.45, 7) is 0.339. The molecule has 31 heavy (non-hydrogen) atoms. The van der Waals surface area contributed by atoms with Gasteiger partial charge in [0.15, 0.2) is 5.69 Å². The van der Waals surface area contributed by atoms with Gasteiger partial charge in [-0.25, -0.2) is 9.07 Å². The van der Waals surface area contributed by atoms with Crippen LogP contribution in [0.1, 0.15) is 5.56 Å². The molecule has 0 saturated heterocycles. The van der Waals surface area contributed by atoms with Crippen LogP contribution in [-0.2, 0) is 6.54 Å². The Labute approximate surface area is 176 Å².